The van der Waals surface area contributed by atoms with Gasteiger partial charge in [-0.25, -0.2) is 4.39 Å². The second kappa shape index (κ2) is 4.93. The van der Waals surface area contributed by atoms with Crippen LogP contribution in [0, 0.1) is 5.82 Å². The molecule has 0 aliphatic heterocycles. The molecule has 0 fully saturated rings. The molecular weight excluding hydrogens is 311 g/mol. The first-order valence-corrected chi connectivity index (χ1v) is 6.37. The van der Waals surface area contributed by atoms with Crippen molar-refractivity contribution in [1.29, 1.82) is 0 Å². The van der Waals surface area contributed by atoms with Gasteiger partial charge in [0.25, 0.3) is 0 Å². The number of ether oxygens (including phenoxy) is 1. The molecule has 0 saturated carbocycles. The number of fused-ring (bicyclic) bond motifs is 1. The van der Waals surface area contributed by atoms with Gasteiger partial charge in [0.15, 0.2) is 0 Å². The summed E-state index contributed by atoms with van der Waals surface area (Å²) in [6, 6.07) is 11.9. The highest BCUT2D eigenvalue weighted by atomic mass is 79.9. The van der Waals surface area contributed by atoms with Gasteiger partial charge in [0.05, 0.1) is 10.7 Å². The Hall–Kier alpha value is -2.01. The summed E-state index contributed by atoms with van der Waals surface area (Å²) in [6.45, 7) is 0. The maximum absolute atomic E-state index is 13.0. The topological polar surface area (TPSA) is 35.0 Å². The molecule has 0 spiro atoms. The van der Waals surface area contributed by atoms with Crippen molar-refractivity contribution in [2.24, 2.45) is 0 Å². The van der Waals surface area contributed by atoms with Gasteiger partial charge in [0, 0.05) is 10.8 Å². The Kier molecular flexibility index (Phi) is 3.13. The highest BCUT2D eigenvalue weighted by molar-refractivity contribution is 9.10. The number of hydrogen-bond donors (Lipinski definition) is 0. The lowest BCUT2D eigenvalue weighted by atomic mass is 10.2. The van der Waals surface area contributed by atoms with Crippen LogP contribution in [0.5, 0.6) is 11.6 Å². The van der Waals surface area contributed by atoms with E-state index in [1.807, 2.05) is 24.3 Å². The molecule has 94 valence electrons. The Bertz CT molecular complexity index is 743. The zero-order valence-corrected chi connectivity index (χ0v) is 11.3. The van der Waals surface area contributed by atoms with E-state index >= 15 is 0 Å². The minimum absolute atomic E-state index is 0.330. The fraction of sp³-hybridized carbons (Fsp3) is 0. The van der Waals surface area contributed by atoms with Crippen LogP contribution in [0.2, 0.25) is 0 Å². The van der Waals surface area contributed by atoms with E-state index in [2.05, 4.69) is 26.1 Å². The minimum Gasteiger partial charge on any atom is -0.436 e. The van der Waals surface area contributed by atoms with E-state index in [-0.39, 0.29) is 5.82 Å². The van der Waals surface area contributed by atoms with Gasteiger partial charge >= 0.3 is 0 Å². The molecular formula is C14H8BrFN2O. The number of hydrogen-bond acceptors (Lipinski definition) is 3. The van der Waals surface area contributed by atoms with E-state index in [1.54, 1.807) is 12.3 Å². The first kappa shape index (κ1) is 12.0. The second-order valence-electron chi connectivity index (χ2n) is 3.91. The Balaban J connectivity index is 2.06. The summed E-state index contributed by atoms with van der Waals surface area (Å²) in [4.78, 5) is 0. The van der Waals surface area contributed by atoms with Crippen LogP contribution in [0.3, 0.4) is 0 Å². The summed E-state index contributed by atoms with van der Waals surface area (Å²) in [6.07, 6.45) is 1.67. The lowest BCUT2D eigenvalue weighted by Crippen LogP contribution is -1.92. The molecule has 0 atom stereocenters. The molecule has 2 aromatic carbocycles. The first-order valence-electron chi connectivity index (χ1n) is 5.57. The van der Waals surface area contributed by atoms with Crippen LogP contribution in [-0.2, 0) is 0 Å². The van der Waals surface area contributed by atoms with E-state index in [0.29, 0.717) is 16.1 Å². The second-order valence-corrected chi connectivity index (χ2v) is 4.77. The quantitative estimate of drug-likeness (QED) is 0.705. The summed E-state index contributed by atoms with van der Waals surface area (Å²) in [5.74, 6) is 0.556. The third-order valence-electron chi connectivity index (χ3n) is 2.64. The third-order valence-corrected chi connectivity index (χ3v) is 3.26. The molecule has 1 heterocycles. The molecule has 0 amide bonds. The van der Waals surface area contributed by atoms with Gasteiger partial charge in [0.1, 0.15) is 11.6 Å². The zero-order valence-electron chi connectivity index (χ0n) is 9.68. The largest absolute Gasteiger partial charge is 0.436 e. The average molecular weight is 319 g/mol. The third kappa shape index (κ3) is 2.42. The van der Waals surface area contributed by atoms with Crippen LogP contribution in [0.4, 0.5) is 4.39 Å². The van der Waals surface area contributed by atoms with Crippen molar-refractivity contribution in [3.63, 3.8) is 0 Å². The van der Waals surface area contributed by atoms with Gasteiger partial charge in [-0.3, -0.25) is 0 Å². The van der Waals surface area contributed by atoms with Crippen LogP contribution in [0.25, 0.3) is 10.8 Å². The fourth-order valence-electron chi connectivity index (χ4n) is 1.74. The molecule has 0 bridgehead atoms. The normalized spacial score (nSPS) is 10.6. The Morgan fingerprint density at radius 3 is 2.79 bits per heavy atom. The van der Waals surface area contributed by atoms with Gasteiger partial charge < -0.3 is 4.74 Å². The summed E-state index contributed by atoms with van der Waals surface area (Å²) >= 11 is 3.26. The van der Waals surface area contributed by atoms with Crippen molar-refractivity contribution < 1.29 is 9.13 Å². The molecule has 0 aliphatic carbocycles. The number of halogens is 2. The van der Waals surface area contributed by atoms with Crippen molar-refractivity contribution in [3.8, 4) is 11.6 Å². The Labute approximate surface area is 117 Å². The molecule has 19 heavy (non-hydrogen) atoms. The molecule has 3 rings (SSSR count). The molecule has 0 N–H and O–H groups in total. The molecule has 1 aromatic heterocycles. The molecule has 0 radical (unpaired) electrons. The fourth-order valence-corrected chi connectivity index (χ4v) is 2.17. The van der Waals surface area contributed by atoms with Gasteiger partial charge in [-0.15, -0.1) is 5.10 Å². The predicted octanol–water partition coefficient (Wildman–Crippen LogP) is 4.32. The molecule has 5 heteroatoms. The lowest BCUT2D eigenvalue weighted by Gasteiger charge is -2.08. The van der Waals surface area contributed by atoms with E-state index in [0.717, 1.165) is 10.8 Å². The van der Waals surface area contributed by atoms with E-state index in [4.69, 9.17) is 4.74 Å². The molecule has 3 aromatic rings. The zero-order chi connectivity index (χ0) is 13.2. The number of benzene rings is 2. The summed E-state index contributed by atoms with van der Waals surface area (Å²) < 4.78 is 19.2. The monoisotopic (exact) mass is 318 g/mol. The first-order chi connectivity index (χ1) is 9.24. The van der Waals surface area contributed by atoms with Crippen molar-refractivity contribution in [1.82, 2.24) is 10.2 Å². The summed E-state index contributed by atoms with van der Waals surface area (Å²) in [5.41, 5.74) is 0. The van der Waals surface area contributed by atoms with Crippen LogP contribution in [-0.4, -0.2) is 10.2 Å². The number of aromatic nitrogens is 2. The molecule has 0 saturated heterocycles. The average Bonchev–Trinajstić information content (AvgIpc) is 2.42. The molecule has 3 nitrogen and oxygen atoms in total. The van der Waals surface area contributed by atoms with Crippen LogP contribution in [0.1, 0.15) is 0 Å². The highest BCUT2D eigenvalue weighted by Crippen LogP contribution is 2.32. The molecule has 0 aliphatic rings. The van der Waals surface area contributed by atoms with Gasteiger partial charge in [-0.1, -0.05) is 18.2 Å². The summed E-state index contributed by atoms with van der Waals surface area (Å²) in [5, 5.41) is 9.66. The van der Waals surface area contributed by atoms with Gasteiger partial charge in [-0.2, -0.15) is 5.10 Å². The minimum atomic E-state index is -0.330. The standard InChI is InChI=1S/C14H8BrFN2O/c15-12-7-10(16)5-6-13(12)19-14-11-4-2-1-3-9(11)8-17-18-14/h1-8H. The summed E-state index contributed by atoms with van der Waals surface area (Å²) in [7, 11) is 0. The van der Waals surface area contributed by atoms with Crippen LogP contribution < -0.4 is 4.74 Å². The smallest absolute Gasteiger partial charge is 0.246 e. The molecule has 0 unspecified atom stereocenters. The van der Waals surface area contributed by atoms with Gasteiger partial charge in [-0.05, 0) is 40.2 Å². The Morgan fingerprint density at radius 1 is 1.11 bits per heavy atom. The van der Waals surface area contributed by atoms with Crippen molar-refractivity contribution >= 4 is 26.7 Å². The van der Waals surface area contributed by atoms with E-state index in [1.165, 1.54) is 12.1 Å². The van der Waals surface area contributed by atoms with Crippen molar-refractivity contribution in [2.45, 2.75) is 0 Å². The van der Waals surface area contributed by atoms with Crippen molar-refractivity contribution in [2.75, 3.05) is 0 Å². The maximum atomic E-state index is 13.0. The number of rotatable bonds is 2. The Morgan fingerprint density at radius 2 is 1.95 bits per heavy atom. The van der Waals surface area contributed by atoms with Crippen molar-refractivity contribution in [3.05, 3.63) is 59.0 Å². The maximum Gasteiger partial charge on any atom is 0.246 e. The van der Waals surface area contributed by atoms with E-state index in [9.17, 15) is 4.39 Å². The van der Waals surface area contributed by atoms with E-state index < -0.39 is 0 Å². The predicted molar refractivity (Wildman–Crippen MR) is 73.7 cm³/mol. The number of nitrogens with zero attached hydrogens (tertiary/aromatic N) is 2. The highest BCUT2D eigenvalue weighted by Gasteiger charge is 2.08. The van der Waals surface area contributed by atoms with Crippen LogP contribution in [0.15, 0.2) is 53.1 Å². The lowest BCUT2D eigenvalue weighted by molar-refractivity contribution is 0.457. The van der Waals surface area contributed by atoms with Gasteiger partial charge in [0.2, 0.25) is 5.88 Å². The SMILES string of the molecule is Fc1ccc(Oc2nncc3ccccc23)c(Br)c1. The van der Waals surface area contributed by atoms with Crippen LogP contribution >= 0.6 is 15.9 Å².